The Hall–Kier alpha value is -0.740. The molecule has 1 atom stereocenters. The molecule has 2 heterocycles. The van der Waals surface area contributed by atoms with Crippen LogP contribution in [0.3, 0.4) is 0 Å². The lowest BCUT2D eigenvalue weighted by molar-refractivity contribution is -0.116. The summed E-state index contributed by atoms with van der Waals surface area (Å²) in [6.07, 6.45) is 3.11. The van der Waals surface area contributed by atoms with E-state index in [1.54, 1.807) is 14.2 Å². The Balaban J connectivity index is 1.79. The van der Waals surface area contributed by atoms with Crippen LogP contribution in [0.2, 0.25) is 0 Å². The molecule has 1 N–H and O–H groups in total. The zero-order valence-electron chi connectivity index (χ0n) is 21.4. The van der Waals surface area contributed by atoms with Gasteiger partial charge < -0.3 is 14.8 Å². The van der Waals surface area contributed by atoms with Crippen molar-refractivity contribution in [3.63, 3.8) is 0 Å². The Morgan fingerprint density at radius 1 is 0.900 bits per heavy atom. The van der Waals surface area contributed by atoms with Crippen molar-refractivity contribution in [3.8, 4) is 11.5 Å². The van der Waals surface area contributed by atoms with Crippen LogP contribution in [-0.4, -0.2) is 31.6 Å². The maximum absolute atomic E-state index is 14.1. The van der Waals surface area contributed by atoms with Gasteiger partial charge in [0.05, 0.1) is 38.9 Å². The molecule has 40 heavy (non-hydrogen) atoms. The van der Waals surface area contributed by atoms with Crippen molar-refractivity contribution in [2.45, 2.75) is 10.5 Å². The van der Waals surface area contributed by atoms with Gasteiger partial charge in [0, 0.05) is 10.0 Å². The van der Waals surface area contributed by atoms with Crippen molar-refractivity contribution < 1.29 is 14.3 Å². The number of rotatable bonds is 6. The third kappa shape index (κ3) is 5.88. The van der Waals surface area contributed by atoms with E-state index in [0.29, 0.717) is 0 Å². The Morgan fingerprint density at radius 2 is 1.60 bits per heavy atom. The fourth-order valence-electron chi connectivity index (χ4n) is 4.77. The zero-order chi connectivity index (χ0) is 28.6. The summed E-state index contributed by atoms with van der Waals surface area (Å²) in [4.78, 5) is 14.1. The van der Waals surface area contributed by atoms with Crippen LogP contribution < -0.4 is 20.1 Å². The molecule has 0 aromatic heterocycles. The number of ether oxygens (including phenoxy) is 2. The van der Waals surface area contributed by atoms with E-state index in [0.717, 1.165) is 86.2 Å². The first-order chi connectivity index (χ1) is 19.2. The van der Waals surface area contributed by atoms with Gasteiger partial charge in [-0.3, -0.25) is 4.79 Å². The maximum Gasteiger partial charge on any atom is 0.254 e. The van der Waals surface area contributed by atoms with E-state index in [1.807, 2.05) is 53.9 Å². The highest BCUT2D eigenvalue weighted by atomic mass is 79.9. The van der Waals surface area contributed by atoms with Crippen LogP contribution in [0.1, 0.15) is 23.1 Å². The molecule has 5 rings (SSSR count). The van der Waals surface area contributed by atoms with Crippen LogP contribution in [0, 0.1) is 0 Å². The molecule has 2 aliphatic heterocycles. The van der Waals surface area contributed by atoms with Crippen molar-refractivity contribution >= 4 is 119 Å². The summed E-state index contributed by atoms with van der Waals surface area (Å²) in [7, 11) is 6.04. The molecule has 0 saturated carbocycles. The Labute approximate surface area is 278 Å². The van der Waals surface area contributed by atoms with Gasteiger partial charge in [-0.05, 0) is 124 Å². The minimum absolute atomic E-state index is 0.0927. The number of carbonyl (C=O) groups is 1. The molecule has 0 bridgehead atoms. The predicted molar refractivity (Wildman–Crippen MR) is 187 cm³/mol. The standard InChI is InChI=1S/C29H24Br4NO3PS2/c1-36-23-6-4-15(10-18(23)30)11-22-25(16-5-7-24(38)19(31)12-16)26(28(35)34-22)29(39-8-3-9-40-29)17-13-20(32)27(37-2)21(33)14-17/h4-7,10-14H,3,8-9,38H2,1-2H3,(H,34,35)/b22-11-. The molecule has 1 saturated heterocycles. The molecular weight excluding hydrogens is 825 g/mol. The van der Waals surface area contributed by atoms with Gasteiger partial charge in [0.25, 0.3) is 5.91 Å². The lowest BCUT2D eigenvalue weighted by atomic mass is 9.93. The number of amides is 1. The van der Waals surface area contributed by atoms with Gasteiger partial charge in [0.1, 0.15) is 15.6 Å². The summed E-state index contributed by atoms with van der Waals surface area (Å²) in [5, 5.41) is 4.28. The number of halogens is 4. The molecule has 1 fully saturated rings. The summed E-state index contributed by atoms with van der Waals surface area (Å²) < 4.78 is 13.9. The number of allylic oxidation sites excluding steroid dienone is 1. The largest absolute Gasteiger partial charge is 0.496 e. The van der Waals surface area contributed by atoms with E-state index in [2.05, 4.69) is 103 Å². The molecule has 3 aromatic carbocycles. The third-order valence-corrected chi connectivity index (χ3v) is 13.4. The van der Waals surface area contributed by atoms with Crippen LogP contribution in [0.5, 0.6) is 11.5 Å². The lowest BCUT2D eigenvalue weighted by Crippen LogP contribution is -2.31. The van der Waals surface area contributed by atoms with Crippen molar-refractivity contribution in [1.29, 1.82) is 0 Å². The molecule has 0 aliphatic carbocycles. The molecule has 0 spiro atoms. The van der Waals surface area contributed by atoms with Gasteiger partial charge >= 0.3 is 0 Å². The van der Waals surface area contributed by atoms with Gasteiger partial charge in [-0.2, -0.15) is 0 Å². The number of carbonyl (C=O) groups excluding carboxylic acids is 1. The average molecular weight is 849 g/mol. The predicted octanol–water partition coefficient (Wildman–Crippen LogP) is 8.90. The molecule has 1 unspecified atom stereocenters. The van der Waals surface area contributed by atoms with E-state index in [4.69, 9.17) is 9.47 Å². The van der Waals surface area contributed by atoms with Crippen LogP contribution >= 0.6 is 96.5 Å². The number of benzene rings is 3. The lowest BCUT2D eigenvalue weighted by Gasteiger charge is -2.38. The Morgan fingerprint density at radius 3 is 2.20 bits per heavy atom. The van der Waals surface area contributed by atoms with E-state index in [-0.39, 0.29) is 5.91 Å². The molecule has 4 nitrogen and oxygen atoms in total. The number of methoxy groups -OCH3 is 2. The summed E-state index contributed by atoms with van der Waals surface area (Å²) >= 11 is 18.3. The smallest absolute Gasteiger partial charge is 0.254 e. The van der Waals surface area contributed by atoms with Crippen LogP contribution in [0.25, 0.3) is 11.6 Å². The fraction of sp³-hybridized carbons (Fsp3) is 0.207. The summed E-state index contributed by atoms with van der Waals surface area (Å²) in [5.74, 6) is 3.26. The van der Waals surface area contributed by atoms with Crippen molar-refractivity contribution in [2.75, 3.05) is 25.7 Å². The summed E-state index contributed by atoms with van der Waals surface area (Å²) in [6.45, 7) is 0. The highest BCUT2D eigenvalue weighted by Crippen LogP contribution is 2.59. The van der Waals surface area contributed by atoms with Crippen molar-refractivity contribution in [3.05, 3.63) is 94.4 Å². The highest BCUT2D eigenvalue weighted by molar-refractivity contribution is 9.11. The quantitative estimate of drug-likeness (QED) is 0.252. The van der Waals surface area contributed by atoms with Gasteiger partial charge in [0.15, 0.2) is 0 Å². The van der Waals surface area contributed by atoms with Gasteiger partial charge in [-0.15, -0.1) is 32.8 Å². The molecule has 3 aromatic rings. The number of thioether (sulfide) groups is 2. The maximum atomic E-state index is 14.1. The van der Waals surface area contributed by atoms with Crippen LogP contribution in [0.4, 0.5) is 0 Å². The second-order valence-electron chi connectivity index (χ2n) is 9.03. The SMILES string of the molecule is COc1ccc(/C=C2\NC(=O)C(C3(c4cc(Br)c(OC)c(Br)c4)SCCCS3)=C2c2ccc(P)c(Br)c2)cc1Br. The van der Waals surface area contributed by atoms with E-state index in [1.165, 1.54) is 0 Å². The Bertz CT molecular complexity index is 1550. The molecule has 2 aliphatic rings. The molecular formula is C29H24Br4NO3PS2. The second-order valence-corrected chi connectivity index (χ2v) is 15.9. The topological polar surface area (TPSA) is 47.6 Å². The van der Waals surface area contributed by atoms with E-state index in [9.17, 15) is 4.79 Å². The van der Waals surface area contributed by atoms with Crippen molar-refractivity contribution in [1.82, 2.24) is 5.32 Å². The summed E-state index contributed by atoms with van der Waals surface area (Å²) in [6, 6.07) is 16.3. The fourth-order valence-corrected chi connectivity index (χ4v) is 10.8. The van der Waals surface area contributed by atoms with E-state index >= 15 is 0 Å². The molecule has 11 heteroatoms. The molecule has 208 valence electrons. The monoisotopic (exact) mass is 845 g/mol. The molecule has 1 amide bonds. The minimum Gasteiger partial charge on any atom is -0.496 e. The number of hydrogen-bond acceptors (Lipinski definition) is 5. The zero-order valence-corrected chi connectivity index (χ0v) is 30.6. The Kier molecular flexibility index (Phi) is 9.88. The van der Waals surface area contributed by atoms with Gasteiger partial charge in [-0.25, -0.2) is 0 Å². The molecule has 0 radical (unpaired) electrons. The van der Waals surface area contributed by atoms with Crippen LogP contribution in [-0.2, 0) is 8.87 Å². The first-order valence-electron chi connectivity index (χ1n) is 12.2. The first-order valence-corrected chi connectivity index (χ1v) is 17.9. The highest BCUT2D eigenvalue weighted by Gasteiger charge is 2.48. The van der Waals surface area contributed by atoms with Crippen molar-refractivity contribution in [2.24, 2.45) is 0 Å². The van der Waals surface area contributed by atoms with Gasteiger partial charge in [0.2, 0.25) is 0 Å². The average Bonchev–Trinajstić information content (AvgIpc) is 3.26. The van der Waals surface area contributed by atoms with Crippen LogP contribution in [0.15, 0.2) is 77.7 Å². The summed E-state index contributed by atoms with van der Waals surface area (Å²) in [5.41, 5.74) is 5.33. The second kappa shape index (κ2) is 12.9. The van der Waals surface area contributed by atoms with E-state index < -0.39 is 4.08 Å². The third-order valence-electron chi connectivity index (χ3n) is 6.58. The normalized spacial score (nSPS) is 17.8. The number of hydrogen-bond donors (Lipinski definition) is 1. The first kappa shape index (κ1) is 30.7. The van der Waals surface area contributed by atoms with Gasteiger partial charge in [-0.1, -0.05) is 34.1 Å². The number of nitrogens with one attached hydrogen (secondary N) is 1. The minimum atomic E-state index is -0.628.